The minimum Gasteiger partial charge on any atom is -0.310 e. The first-order valence-corrected chi connectivity index (χ1v) is 12.2. The Hall–Kier alpha value is -2.73. The number of benzene rings is 1. The zero-order chi connectivity index (χ0) is 21.7. The van der Waals surface area contributed by atoms with E-state index in [9.17, 15) is 9.59 Å². The zero-order valence-corrected chi connectivity index (χ0v) is 18.5. The molecule has 2 aromatic heterocycles. The Kier molecular flexibility index (Phi) is 4.98. The molecule has 0 unspecified atom stereocenters. The van der Waals surface area contributed by atoms with Crippen LogP contribution in [-0.4, -0.2) is 26.0 Å². The maximum absolute atomic E-state index is 13.3. The zero-order valence-electron chi connectivity index (χ0n) is 18.5. The number of fused-ring (bicyclic) bond motifs is 1. The lowest BCUT2D eigenvalue weighted by Gasteiger charge is -2.29. The van der Waals surface area contributed by atoms with Crippen LogP contribution in [0.3, 0.4) is 0 Å². The Morgan fingerprint density at radius 2 is 1.91 bits per heavy atom. The SMILES string of the molecule is O=c1[nH]c(C2CCCCC2)nc2c1CN(Cc1cc3cccc4c3n(c1=O)CCC4)CC2. The minimum atomic E-state index is 0.00948. The molecule has 4 heterocycles. The van der Waals surface area contributed by atoms with Crippen molar-refractivity contribution in [1.82, 2.24) is 19.4 Å². The fourth-order valence-corrected chi connectivity index (χ4v) is 5.98. The summed E-state index contributed by atoms with van der Waals surface area (Å²) in [6.45, 7) is 2.74. The molecule has 32 heavy (non-hydrogen) atoms. The molecule has 1 saturated carbocycles. The number of hydrogen-bond acceptors (Lipinski definition) is 4. The first-order chi connectivity index (χ1) is 15.7. The number of rotatable bonds is 3. The molecule has 0 bridgehead atoms. The van der Waals surface area contributed by atoms with Crippen LogP contribution in [0.15, 0.2) is 33.9 Å². The number of para-hydroxylation sites is 1. The first-order valence-electron chi connectivity index (χ1n) is 12.2. The molecule has 6 heteroatoms. The number of aromatic nitrogens is 3. The standard InChI is InChI=1S/C26H30N4O2/c31-25-21-16-29(13-11-22(21)27-24(28-25)18-6-2-1-3-7-18)15-20-14-19-9-4-8-17-10-5-12-30(23(17)19)26(20)32/h4,8-9,14,18H,1-3,5-7,10-13,15-16H2,(H,27,28,31). The van der Waals surface area contributed by atoms with E-state index in [0.29, 0.717) is 19.0 Å². The number of H-pyrrole nitrogens is 1. The van der Waals surface area contributed by atoms with Crippen molar-refractivity contribution in [2.75, 3.05) is 6.54 Å². The van der Waals surface area contributed by atoms with E-state index in [1.165, 1.54) is 24.8 Å². The first kappa shape index (κ1) is 19.9. The Morgan fingerprint density at radius 1 is 1.03 bits per heavy atom. The topological polar surface area (TPSA) is 71.0 Å². The summed E-state index contributed by atoms with van der Waals surface area (Å²) in [6, 6.07) is 8.40. The van der Waals surface area contributed by atoms with Crippen LogP contribution in [0, 0.1) is 0 Å². The largest absolute Gasteiger partial charge is 0.310 e. The van der Waals surface area contributed by atoms with E-state index in [0.717, 1.165) is 78.7 Å². The number of aryl methyl sites for hydroxylation is 2. The summed E-state index contributed by atoms with van der Waals surface area (Å²) in [7, 11) is 0. The van der Waals surface area contributed by atoms with Gasteiger partial charge in [0.25, 0.3) is 11.1 Å². The quantitative estimate of drug-likeness (QED) is 0.689. The molecule has 1 aliphatic carbocycles. The second-order valence-corrected chi connectivity index (χ2v) is 9.76. The van der Waals surface area contributed by atoms with Crippen molar-refractivity contribution in [1.29, 1.82) is 0 Å². The summed E-state index contributed by atoms with van der Waals surface area (Å²) in [6.07, 6.45) is 8.82. The van der Waals surface area contributed by atoms with Crippen LogP contribution >= 0.6 is 0 Å². The molecule has 1 N–H and O–H groups in total. The van der Waals surface area contributed by atoms with Gasteiger partial charge in [0.1, 0.15) is 5.82 Å². The highest BCUT2D eigenvalue weighted by atomic mass is 16.1. The second kappa shape index (κ2) is 8.00. The van der Waals surface area contributed by atoms with Crippen LogP contribution in [0.25, 0.3) is 10.9 Å². The highest BCUT2D eigenvalue weighted by Gasteiger charge is 2.25. The summed E-state index contributed by atoms with van der Waals surface area (Å²) < 4.78 is 1.96. The van der Waals surface area contributed by atoms with Gasteiger partial charge in [-0.25, -0.2) is 4.98 Å². The van der Waals surface area contributed by atoms with Gasteiger partial charge in [-0.1, -0.05) is 37.5 Å². The number of pyridine rings is 1. The molecule has 0 radical (unpaired) electrons. The molecule has 3 aliphatic rings. The minimum absolute atomic E-state index is 0.00948. The fraction of sp³-hybridized carbons (Fsp3) is 0.500. The number of nitrogens with one attached hydrogen (secondary N) is 1. The van der Waals surface area contributed by atoms with Crippen molar-refractivity contribution < 1.29 is 0 Å². The van der Waals surface area contributed by atoms with E-state index in [4.69, 9.17) is 4.98 Å². The van der Waals surface area contributed by atoms with Gasteiger partial charge in [0.05, 0.1) is 16.8 Å². The van der Waals surface area contributed by atoms with Crippen molar-refractivity contribution in [2.24, 2.45) is 0 Å². The Labute approximate surface area is 187 Å². The van der Waals surface area contributed by atoms with Crippen LogP contribution in [0.4, 0.5) is 0 Å². The summed E-state index contributed by atoms with van der Waals surface area (Å²) in [5, 5.41) is 1.14. The molecule has 166 valence electrons. The van der Waals surface area contributed by atoms with Gasteiger partial charge < -0.3 is 9.55 Å². The van der Waals surface area contributed by atoms with Crippen molar-refractivity contribution in [3.8, 4) is 0 Å². The van der Waals surface area contributed by atoms with E-state index in [1.54, 1.807) is 0 Å². The Balaban J connectivity index is 1.28. The number of nitrogens with zero attached hydrogens (tertiary/aromatic N) is 3. The van der Waals surface area contributed by atoms with Gasteiger partial charge in [-0.3, -0.25) is 14.5 Å². The van der Waals surface area contributed by atoms with Gasteiger partial charge in [0.2, 0.25) is 0 Å². The van der Waals surface area contributed by atoms with Gasteiger partial charge in [0, 0.05) is 44.1 Å². The van der Waals surface area contributed by atoms with Crippen LogP contribution in [-0.2, 0) is 32.5 Å². The smallest absolute Gasteiger partial charge is 0.255 e. The average molecular weight is 431 g/mol. The summed E-state index contributed by atoms with van der Waals surface area (Å²) in [4.78, 5) is 36.4. The van der Waals surface area contributed by atoms with Crippen LogP contribution in [0.5, 0.6) is 0 Å². The normalized spacial score (nSPS) is 19.2. The highest BCUT2D eigenvalue weighted by Crippen LogP contribution is 2.31. The Bertz CT molecular complexity index is 1300. The van der Waals surface area contributed by atoms with Crippen molar-refractivity contribution in [3.05, 3.63) is 73.2 Å². The second-order valence-electron chi connectivity index (χ2n) is 9.76. The number of hydrogen-bond donors (Lipinski definition) is 1. The Morgan fingerprint density at radius 3 is 2.78 bits per heavy atom. The van der Waals surface area contributed by atoms with E-state index < -0.39 is 0 Å². The lowest BCUT2D eigenvalue weighted by molar-refractivity contribution is 0.239. The fourth-order valence-electron chi connectivity index (χ4n) is 5.98. The molecular formula is C26H30N4O2. The molecule has 2 aliphatic heterocycles. The molecular weight excluding hydrogens is 400 g/mol. The summed E-state index contributed by atoms with van der Waals surface area (Å²) in [5.41, 5.74) is 5.07. The third-order valence-electron chi connectivity index (χ3n) is 7.65. The van der Waals surface area contributed by atoms with Gasteiger partial charge in [-0.15, -0.1) is 0 Å². The van der Waals surface area contributed by atoms with Crippen molar-refractivity contribution >= 4 is 10.9 Å². The molecule has 0 amide bonds. The summed E-state index contributed by atoms with van der Waals surface area (Å²) in [5.74, 6) is 1.30. The van der Waals surface area contributed by atoms with Gasteiger partial charge >= 0.3 is 0 Å². The molecule has 1 fully saturated rings. The predicted molar refractivity (Wildman–Crippen MR) is 125 cm³/mol. The van der Waals surface area contributed by atoms with Crippen LogP contribution in [0.1, 0.15) is 72.7 Å². The van der Waals surface area contributed by atoms with E-state index in [2.05, 4.69) is 34.1 Å². The molecule has 3 aromatic rings. The van der Waals surface area contributed by atoms with Crippen LogP contribution < -0.4 is 11.1 Å². The maximum Gasteiger partial charge on any atom is 0.255 e. The third-order valence-corrected chi connectivity index (χ3v) is 7.65. The maximum atomic E-state index is 13.3. The molecule has 6 nitrogen and oxygen atoms in total. The van der Waals surface area contributed by atoms with Crippen molar-refractivity contribution in [2.45, 2.75) is 76.9 Å². The average Bonchev–Trinajstić information content (AvgIpc) is 2.83. The highest BCUT2D eigenvalue weighted by molar-refractivity contribution is 5.83. The monoisotopic (exact) mass is 430 g/mol. The molecule has 0 atom stereocenters. The van der Waals surface area contributed by atoms with Gasteiger partial charge in [0.15, 0.2) is 0 Å². The summed E-state index contributed by atoms with van der Waals surface area (Å²) >= 11 is 0. The number of aromatic amines is 1. The van der Waals surface area contributed by atoms with Gasteiger partial charge in [-0.05, 0) is 42.7 Å². The third kappa shape index (κ3) is 3.41. The molecule has 6 rings (SSSR count). The molecule has 0 saturated heterocycles. The van der Waals surface area contributed by atoms with E-state index >= 15 is 0 Å². The predicted octanol–water partition coefficient (Wildman–Crippen LogP) is 3.64. The van der Waals surface area contributed by atoms with Crippen LogP contribution in [0.2, 0.25) is 0 Å². The van der Waals surface area contributed by atoms with E-state index in [-0.39, 0.29) is 11.1 Å². The van der Waals surface area contributed by atoms with E-state index in [1.807, 2.05) is 4.57 Å². The molecule has 1 aromatic carbocycles. The lowest BCUT2D eigenvalue weighted by atomic mass is 9.88. The lowest BCUT2D eigenvalue weighted by Crippen LogP contribution is -2.38. The van der Waals surface area contributed by atoms with Crippen molar-refractivity contribution in [3.63, 3.8) is 0 Å². The van der Waals surface area contributed by atoms with Gasteiger partial charge in [-0.2, -0.15) is 0 Å². The molecule has 0 spiro atoms.